The van der Waals surface area contributed by atoms with Crippen LogP contribution in [0.15, 0.2) is 17.8 Å². The molecular weight excluding hydrogens is 194 g/mol. The van der Waals surface area contributed by atoms with Gasteiger partial charge in [-0.3, -0.25) is 0 Å². The van der Waals surface area contributed by atoms with Crippen LogP contribution in [0.2, 0.25) is 0 Å². The quantitative estimate of drug-likeness (QED) is 0.737. The van der Waals surface area contributed by atoms with Gasteiger partial charge in [-0.1, -0.05) is 0 Å². The fraction of sp³-hybridized carbons (Fsp3) is 0.400. The summed E-state index contributed by atoms with van der Waals surface area (Å²) in [6.07, 6.45) is 1.68. The minimum absolute atomic E-state index is 0.288. The second-order valence-electron chi connectivity index (χ2n) is 3.36. The summed E-state index contributed by atoms with van der Waals surface area (Å²) < 4.78 is 6.67. The third-order valence-electron chi connectivity index (χ3n) is 2.15. The number of fused-ring (bicyclic) bond motifs is 1. The molecule has 0 saturated heterocycles. The van der Waals surface area contributed by atoms with Crippen molar-refractivity contribution in [3.05, 3.63) is 23.5 Å². The second kappa shape index (κ2) is 3.76. The highest BCUT2D eigenvalue weighted by Gasteiger charge is 2.18. The van der Waals surface area contributed by atoms with Crippen LogP contribution in [0.25, 0.3) is 0 Å². The first-order valence-electron chi connectivity index (χ1n) is 4.88. The third-order valence-corrected chi connectivity index (χ3v) is 2.15. The molecule has 5 heteroatoms. The zero-order valence-electron chi connectivity index (χ0n) is 8.78. The fourth-order valence-corrected chi connectivity index (χ4v) is 1.50. The molecule has 15 heavy (non-hydrogen) atoms. The molecule has 0 saturated carbocycles. The number of hydrogen-bond acceptors (Lipinski definition) is 4. The molecule has 0 aromatic carbocycles. The highest BCUT2D eigenvalue weighted by molar-refractivity contribution is 5.89. The van der Waals surface area contributed by atoms with Crippen molar-refractivity contribution in [2.75, 3.05) is 11.9 Å². The van der Waals surface area contributed by atoms with Crippen molar-refractivity contribution in [1.29, 1.82) is 0 Å². The molecule has 0 spiro atoms. The molecule has 1 aliphatic rings. The highest BCUT2D eigenvalue weighted by atomic mass is 16.5. The van der Waals surface area contributed by atoms with Crippen LogP contribution in [0.5, 0.6) is 0 Å². The van der Waals surface area contributed by atoms with Crippen LogP contribution >= 0.6 is 0 Å². The minimum Gasteiger partial charge on any atom is -0.463 e. The van der Waals surface area contributed by atoms with Crippen LogP contribution in [0.3, 0.4) is 0 Å². The molecule has 1 aliphatic heterocycles. The number of ether oxygens (including phenoxy) is 1. The Hall–Kier alpha value is -1.78. The van der Waals surface area contributed by atoms with Crippen molar-refractivity contribution in [1.82, 2.24) is 9.78 Å². The molecule has 0 fully saturated rings. The van der Waals surface area contributed by atoms with Crippen LogP contribution in [0, 0.1) is 6.92 Å². The van der Waals surface area contributed by atoms with E-state index in [2.05, 4.69) is 10.4 Å². The van der Waals surface area contributed by atoms with E-state index in [-0.39, 0.29) is 5.97 Å². The maximum atomic E-state index is 11.4. The summed E-state index contributed by atoms with van der Waals surface area (Å²) in [4.78, 5) is 11.4. The van der Waals surface area contributed by atoms with Crippen LogP contribution < -0.4 is 5.32 Å². The standard InChI is InChI=1S/C10H13N3O2/c1-3-15-10(14)8-5-11-9-4-7(2)12-13(9)6-8/h4-5,11H,3,6H2,1-2H3. The molecule has 0 aliphatic carbocycles. The molecule has 0 bridgehead atoms. The monoisotopic (exact) mass is 207 g/mol. The predicted molar refractivity (Wildman–Crippen MR) is 55.3 cm³/mol. The van der Waals surface area contributed by atoms with Gasteiger partial charge in [0.25, 0.3) is 0 Å². The lowest BCUT2D eigenvalue weighted by Gasteiger charge is -2.15. The predicted octanol–water partition coefficient (Wildman–Crippen LogP) is 1.06. The van der Waals surface area contributed by atoms with Gasteiger partial charge in [-0.25, -0.2) is 9.48 Å². The first-order valence-corrected chi connectivity index (χ1v) is 4.88. The van der Waals surface area contributed by atoms with Crippen molar-refractivity contribution < 1.29 is 9.53 Å². The molecule has 0 unspecified atom stereocenters. The van der Waals surface area contributed by atoms with E-state index in [9.17, 15) is 4.79 Å². The van der Waals surface area contributed by atoms with Crippen molar-refractivity contribution in [2.24, 2.45) is 0 Å². The molecule has 1 aromatic rings. The topological polar surface area (TPSA) is 56.1 Å². The maximum Gasteiger partial charge on any atom is 0.337 e. The molecule has 2 heterocycles. The van der Waals surface area contributed by atoms with E-state index in [4.69, 9.17) is 4.74 Å². The Morgan fingerprint density at radius 2 is 2.53 bits per heavy atom. The van der Waals surface area contributed by atoms with E-state index in [1.54, 1.807) is 17.8 Å². The number of carbonyl (C=O) groups is 1. The van der Waals surface area contributed by atoms with E-state index < -0.39 is 0 Å². The summed E-state index contributed by atoms with van der Waals surface area (Å²) in [5.74, 6) is 0.615. The lowest BCUT2D eigenvalue weighted by molar-refractivity contribution is -0.138. The number of carbonyl (C=O) groups excluding carboxylic acids is 1. The van der Waals surface area contributed by atoms with Gasteiger partial charge in [-0.15, -0.1) is 0 Å². The molecule has 0 atom stereocenters. The SMILES string of the molecule is CCOC(=O)C1=CNc2cc(C)nn2C1. The first-order chi connectivity index (χ1) is 7.20. The van der Waals surface area contributed by atoms with E-state index >= 15 is 0 Å². The van der Waals surface area contributed by atoms with Crippen molar-refractivity contribution in [3.63, 3.8) is 0 Å². The summed E-state index contributed by atoms with van der Waals surface area (Å²) in [5.41, 5.74) is 1.52. The fourth-order valence-electron chi connectivity index (χ4n) is 1.50. The van der Waals surface area contributed by atoms with Gasteiger partial charge in [0.15, 0.2) is 0 Å². The molecular formula is C10H13N3O2. The smallest absolute Gasteiger partial charge is 0.337 e. The maximum absolute atomic E-state index is 11.4. The highest BCUT2D eigenvalue weighted by Crippen LogP contribution is 2.17. The number of aryl methyl sites for hydroxylation is 1. The molecule has 2 rings (SSSR count). The van der Waals surface area contributed by atoms with Gasteiger partial charge in [0.1, 0.15) is 5.82 Å². The Morgan fingerprint density at radius 3 is 3.27 bits per heavy atom. The average Bonchev–Trinajstić information content (AvgIpc) is 2.57. The number of nitrogens with zero attached hydrogens (tertiary/aromatic N) is 2. The zero-order valence-corrected chi connectivity index (χ0v) is 8.78. The summed E-state index contributed by atoms with van der Waals surface area (Å²) in [5, 5.41) is 7.26. The molecule has 1 aromatic heterocycles. The molecule has 80 valence electrons. The summed E-state index contributed by atoms with van der Waals surface area (Å²) in [7, 11) is 0. The van der Waals surface area contributed by atoms with E-state index in [0.29, 0.717) is 18.7 Å². The molecule has 5 nitrogen and oxygen atoms in total. The number of rotatable bonds is 2. The van der Waals surface area contributed by atoms with Gasteiger partial charge in [0.05, 0.1) is 24.4 Å². The van der Waals surface area contributed by atoms with Gasteiger partial charge in [-0.05, 0) is 13.8 Å². The van der Waals surface area contributed by atoms with Crippen molar-refractivity contribution >= 4 is 11.8 Å². The Labute approximate surface area is 87.7 Å². The lowest BCUT2D eigenvalue weighted by Crippen LogP contribution is -2.20. The van der Waals surface area contributed by atoms with Crippen molar-refractivity contribution in [3.8, 4) is 0 Å². The van der Waals surface area contributed by atoms with Gasteiger partial charge < -0.3 is 10.1 Å². The number of nitrogens with one attached hydrogen (secondary N) is 1. The Kier molecular flexibility index (Phi) is 2.45. The lowest BCUT2D eigenvalue weighted by atomic mass is 10.2. The third kappa shape index (κ3) is 1.86. The van der Waals surface area contributed by atoms with E-state index in [0.717, 1.165) is 11.5 Å². The van der Waals surface area contributed by atoms with Crippen LogP contribution in [-0.4, -0.2) is 22.4 Å². The van der Waals surface area contributed by atoms with Gasteiger partial charge in [-0.2, -0.15) is 5.10 Å². The molecule has 0 radical (unpaired) electrons. The normalized spacial score (nSPS) is 13.9. The minimum atomic E-state index is -0.288. The zero-order chi connectivity index (χ0) is 10.8. The van der Waals surface area contributed by atoms with Gasteiger partial charge in [0, 0.05) is 12.3 Å². The van der Waals surface area contributed by atoms with Crippen LogP contribution in [0.4, 0.5) is 5.82 Å². The number of hydrogen-bond donors (Lipinski definition) is 1. The van der Waals surface area contributed by atoms with E-state index in [1.807, 2.05) is 13.0 Å². The van der Waals surface area contributed by atoms with Crippen molar-refractivity contribution in [2.45, 2.75) is 20.4 Å². The molecule has 1 N–H and O–H groups in total. The van der Waals surface area contributed by atoms with Gasteiger partial charge in [0.2, 0.25) is 0 Å². The average molecular weight is 207 g/mol. The number of anilines is 1. The Bertz CT molecular complexity index is 420. The number of esters is 1. The first kappa shape index (κ1) is 9.76. The summed E-state index contributed by atoms with van der Waals surface area (Å²) in [6.45, 7) is 4.56. The van der Waals surface area contributed by atoms with E-state index in [1.165, 1.54) is 0 Å². The van der Waals surface area contributed by atoms with Crippen LogP contribution in [0.1, 0.15) is 12.6 Å². The van der Waals surface area contributed by atoms with Gasteiger partial charge >= 0.3 is 5.97 Å². The largest absolute Gasteiger partial charge is 0.463 e. The Morgan fingerprint density at radius 1 is 1.73 bits per heavy atom. The summed E-state index contributed by atoms with van der Waals surface area (Å²) >= 11 is 0. The second-order valence-corrected chi connectivity index (χ2v) is 3.36. The number of aromatic nitrogens is 2. The summed E-state index contributed by atoms with van der Waals surface area (Å²) in [6, 6.07) is 1.93. The van der Waals surface area contributed by atoms with Crippen LogP contribution in [-0.2, 0) is 16.1 Å². The Balaban J connectivity index is 2.14. The molecule has 0 amide bonds.